The Kier molecular flexibility index (Phi) is 5.81. The van der Waals surface area contributed by atoms with Crippen LogP contribution in [-0.4, -0.2) is 16.1 Å². The van der Waals surface area contributed by atoms with Gasteiger partial charge in [-0.1, -0.05) is 20.3 Å². The fourth-order valence-electron chi connectivity index (χ4n) is 2.53. The molecule has 2 aromatic rings. The number of nitrogens with one attached hydrogen (secondary N) is 1. The highest BCUT2D eigenvalue weighted by atomic mass is 15.0. The lowest BCUT2D eigenvalue weighted by Crippen LogP contribution is -2.20. The number of pyridine rings is 1. The van der Waals surface area contributed by atoms with Gasteiger partial charge in [-0.05, 0) is 48.7 Å². The van der Waals surface area contributed by atoms with Crippen LogP contribution in [-0.2, 0) is 13.0 Å². The Balaban J connectivity index is 1.94. The molecule has 0 aliphatic rings. The smallest absolute Gasteiger partial charge is 0.0335 e. The second kappa shape index (κ2) is 7.85. The summed E-state index contributed by atoms with van der Waals surface area (Å²) in [6.45, 7) is 6.45. The van der Waals surface area contributed by atoms with Crippen molar-refractivity contribution in [1.82, 2.24) is 14.9 Å². The number of aromatic nitrogens is 2. The van der Waals surface area contributed by atoms with Crippen molar-refractivity contribution in [2.75, 3.05) is 6.54 Å². The fraction of sp³-hybridized carbons (Fsp3) is 0.471. The van der Waals surface area contributed by atoms with Crippen molar-refractivity contribution >= 4 is 0 Å². The highest BCUT2D eigenvalue weighted by Crippen LogP contribution is 2.19. The molecule has 0 saturated carbocycles. The van der Waals surface area contributed by atoms with E-state index in [1.165, 1.54) is 24.0 Å². The average Bonchev–Trinajstić information content (AvgIpc) is 2.95. The third kappa shape index (κ3) is 4.20. The summed E-state index contributed by atoms with van der Waals surface area (Å²) in [5.41, 5.74) is 2.75. The molecule has 0 saturated heterocycles. The van der Waals surface area contributed by atoms with E-state index in [2.05, 4.69) is 59.3 Å². The van der Waals surface area contributed by atoms with Crippen LogP contribution >= 0.6 is 0 Å². The van der Waals surface area contributed by atoms with Gasteiger partial charge in [-0.2, -0.15) is 0 Å². The molecular formula is C17H25N3. The van der Waals surface area contributed by atoms with Crippen LogP contribution < -0.4 is 5.32 Å². The maximum atomic E-state index is 4.05. The number of nitrogens with zero attached hydrogens (tertiary/aromatic N) is 2. The molecule has 0 aromatic carbocycles. The van der Waals surface area contributed by atoms with Gasteiger partial charge >= 0.3 is 0 Å². The number of hydrogen-bond donors (Lipinski definition) is 1. The van der Waals surface area contributed by atoms with Crippen LogP contribution in [0.25, 0.3) is 0 Å². The topological polar surface area (TPSA) is 29.9 Å². The Labute approximate surface area is 122 Å². The quantitative estimate of drug-likeness (QED) is 0.795. The van der Waals surface area contributed by atoms with Gasteiger partial charge in [0.05, 0.1) is 0 Å². The third-order valence-corrected chi connectivity index (χ3v) is 3.61. The van der Waals surface area contributed by atoms with Crippen LogP contribution in [0, 0.1) is 0 Å². The van der Waals surface area contributed by atoms with Gasteiger partial charge in [-0.15, -0.1) is 0 Å². The lowest BCUT2D eigenvalue weighted by Gasteiger charge is -2.15. The summed E-state index contributed by atoms with van der Waals surface area (Å²) < 4.78 is 2.29. The lowest BCUT2D eigenvalue weighted by molar-refractivity contribution is 0.508. The van der Waals surface area contributed by atoms with Crippen molar-refractivity contribution in [3.8, 4) is 0 Å². The monoisotopic (exact) mass is 271 g/mol. The largest absolute Gasteiger partial charge is 0.354 e. The molecule has 0 bridgehead atoms. The predicted octanol–water partition coefficient (Wildman–Crippen LogP) is 3.58. The normalized spacial score (nSPS) is 12.5. The molecule has 0 aliphatic heterocycles. The van der Waals surface area contributed by atoms with Crippen LogP contribution in [0.1, 0.15) is 43.9 Å². The maximum absolute atomic E-state index is 4.05. The number of hydrogen-bond acceptors (Lipinski definition) is 2. The van der Waals surface area contributed by atoms with E-state index in [0.29, 0.717) is 6.04 Å². The van der Waals surface area contributed by atoms with Crippen molar-refractivity contribution in [2.24, 2.45) is 0 Å². The van der Waals surface area contributed by atoms with Crippen LogP contribution in [0.3, 0.4) is 0 Å². The molecule has 108 valence electrons. The van der Waals surface area contributed by atoms with E-state index in [9.17, 15) is 0 Å². The molecule has 2 rings (SSSR count). The first-order chi connectivity index (χ1) is 9.83. The molecule has 0 radical (unpaired) electrons. The van der Waals surface area contributed by atoms with E-state index >= 15 is 0 Å². The van der Waals surface area contributed by atoms with Crippen LogP contribution in [0.5, 0.6) is 0 Å². The van der Waals surface area contributed by atoms with Gasteiger partial charge < -0.3 is 9.88 Å². The summed E-state index contributed by atoms with van der Waals surface area (Å²) in [7, 11) is 0. The zero-order chi connectivity index (χ0) is 14.2. The molecule has 2 heterocycles. The zero-order valence-electron chi connectivity index (χ0n) is 12.5. The van der Waals surface area contributed by atoms with E-state index in [0.717, 1.165) is 19.5 Å². The Morgan fingerprint density at radius 1 is 1.20 bits per heavy atom. The molecule has 20 heavy (non-hydrogen) atoms. The summed E-state index contributed by atoms with van der Waals surface area (Å²) in [5, 5.41) is 3.57. The Bertz CT molecular complexity index is 484. The SMILES string of the molecule is CCCC(NCC)c1ccn(CCc2ccncc2)c1. The van der Waals surface area contributed by atoms with Crippen molar-refractivity contribution in [2.45, 2.75) is 45.7 Å². The molecule has 1 unspecified atom stereocenters. The van der Waals surface area contributed by atoms with E-state index in [1.807, 2.05) is 12.4 Å². The first-order valence-corrected chi connectivity index (χ1v) is 7.61. The predicted molar refractivity (Wildman–Crippen MR) is 83.7 cm³/mol. The second-order valence-corrected chi connectivity index (χ2v) is 5.19. The summed E-state index contributed by atoms with van der Waals surface area (Å²) in [4.78, 5) is 4.05. The molecule has 0 amide bonds. The van der Waals surface area contributed by atoms with E-state index in [1.54, 1.807) is 0 Å². The minimum atomic E-state index is 0.493. The Morgan fingerprint density at radius 3 is 2.70 bits per heavy atom. The second-order valence-electron chi connectivity index (χ2n) is 5.19. The first-order valence-electron chi connectivity index (χ1n) is 7.61. The number of aryl methyl sites for hydroxylation is 2. The molecular weight excluding hydrogens is 246 g/mol. The maximum Gasteiger partial charge on any atom is 0.0335 e. The van der Waals surface area contributed by atoms with Crippen LogP contribution in [0.2, 0.25) is 0 Å². The van der Waals surface area contributed by atoms with Gasteiger partial charge in [0.1, 0.15) is 0 Å². The van der Waals surface area contributed by atoms with E-state index < -0.39 is 0 Å². The van der Waals surface area contributed by atoms with Crippen LogP contribution in [0.15, 0.2) is 43.0 Å². The molecule has 3 nitrogen and oxygen atoms in total. The summed E-state index contributed by atoms with van der Waals surface area (Å²) in [6, 6.07) is 6.91. The van der Waals surface area contributed by atoms with Crippen molar-refractivity contribution < 1.29 is 0 Å². The van der Waals surface area contributed by atoms with Crippen molar-refractivity contribution in [1.29, 1.82) is 0 Å². The Hall–Kier alpha value is -1.61. The average molecular weight is 271 g/mol. The van der Waals surface area contributed by atoms with E-state index in [-0.39, 0.29) is 0 Å². The van der Waals surface area contributed by atoms with Crippen molar-refractivity contribution in [3.05, 3.63) is 54.1 Å². The molecule has 2 aromatic heterocycles. The van der Waals surface area contributed by atoms with Gasteiger partial charge in [0, 0.05) is 37.4 Å². The zero-order valence-corrected chi connectivity index (χ0v) is 12.5. The summed E-state index contributed by atoms with van der Waals surface area (Å²) >= 11 is 0. The standard InChI is InChI=1S/C17H25N3/c1-3-5-17(19-4-2)16-9-13-20(14-16)12-8-15-6-10-18-11-7-15/h6-7,9-11,13-14,17,19H,3-5,8,12H2,1-2H3. The van der Waals surface area contributed by atoms with Gasteiger partial charge in [-0.25, -0.2) is 0 Å². The Morgan fingerprint density at radius 2 is 2.00 bits per heavy atom. The highest BCUT2D eigenvalue weighted by molar-refractivity contribution is 5.16. The lowest BCUT2D eigenvalue weighted by atomic mass is 10.1. The molecule has 1 N–H and O–H groups in total. The molecule has 1 atom stereocenters. The fourth-order valence-corrected chi connectivity index (χ4v) is 2.53. The van der Waals surface area contributed by atoms with Gasteiger partial charge in [0.15, 0.2) is 0 Å². The molecule has 0 spiro atoms. The van der Waals surface area contributed by atoms with Gasteiger partial charge in [0.2, 0.25) is 0 Å². The molecule has 0 fully saturated rings. The number of rotatable bonds is 8. The van der Waals surface area contributed by atoms with Gasteiger partial charge in [0.25, 0.3) is 0 Å². The summed E-state index contributed by atoms with van der Waals surface area (Å²) in [5.74, 6) is 0. The minimum absolute atomic E-state index is 0.493. The molecule has 3 heteroatoms. The van der Waals surface area contributed by atoms with Gasteiger partial charge in [-0.3, -0.25) is 4.98 Å². The van der Waals surface area contributed by atoms with Crippen molar-refractivity contribution in [3.63, 3.8) is 0 Å². The highest BCUT2D eigenvalue weighted by Gasteiger charge is 2.10. The molecule has 0 aliphatic carbocycles. The third-order valence-electron chi connectivity index (χ3n) is 3.61. The van der Waals surface area contributed by atoms with E-state index in [4.69, 9.17) is 0 Å². The van der Waals surface area contributed by atoms with Crippen LogP contribution in [0.4, 0.5) is 0 Å². The minimum Gasteiger partial charge on any atom is -0.354 e. The first kappa shape index (κ1) is 14.8. The summed E-state index contributed by atoms with van der Waals surface area (Å²) in [6.07, 6.45) is 11.6.